The maximum Gasteiger partial charge on any atom is 0.303 e. The average Bonchev–Trinajstić information content (AvgIpc) is 1.79. The summed E-state index contributed by atoms with van der Waals surface area (Å²) in [5.41, 5.74) is 0. The van der Waals surface area contributed by atoms with Crippen LogP contribution in [0.4, 0.5) is 8.78 Å². The number of hydrogen-bond acceptors (Lipinski definition) is 1. The van der Waals surface area contributed by atoms with Crippen LogP contribution in [0.15, 0.2) is 0 Å². The van der Waals surface area contributed by atoms with Crippen LogP contribution in [0, 0.1) is 5.92 Å². The van der Waals surface area contributed by atoms with Crippen molar-refractivity contribution >= 4 is 5.97 Å². The summed E-state index contributed by atoms with van der Waals surface area (Å²) in [6.45, 7) is 2.31. The topological polar surface area (TPSA) is 37.3 Å². The van der Waals surface area contributed by atoms with Gasteiger partial charge in [-0.25, -0.2) is 8.78 Å². The number of carbonyl (C=O) groups is 1. The molecule has 66 valence electrons. The average molecular weight is 166 g/mol. The highest BCUT2D eigenvalue weighted by Gasteiger charge is 2.33. The lowest BCUT2D eigenvalue weighted by Crippen LogP contribution is -2.26. The van der Waals surface area contributed by atoms with Crippen molar-refractivity contribution in [3.05, 3.63) is 0 Å². The van der Waals surface area contributed by atoms with Crippen molar-refractivity contribution in [3.63, 3.8) is 0 Å². The van der Waals surface area contributed by atoms with Crippen LogP contribution in [0.2, 0.25) is 0 Å². The Morgan fingerprint density at radius 3 is 2.18 bits per heavy atom. The molecule has 0 aliphatic heterocycles. The van der Waals surface area contributed by atoms with E-state index in [0.717, 1.165) is 6.92 Å². The predicted molar refractivity (Wildman–Crippen MR) is 36.7 cm³/mol. The Morgan fingerprint density at radius 2 is 2.09 bits per heavy atom. The minimum Gasteiger partial charge on any atom is -0.481 e. The van der Waals surface area contributed by atoms with Gasteiger partial charge in [0, 0.05) is 5.92 Å². The Bertz CT molecular complexity index is 140. The number of aliphatic carboxylic acids is 1. The van der Waals surface area contributed by atoms with E-state index in [2.05, 4.69) is 0 Å². The highest BCUT2D eigenvalue weighted by atomic mass is 19.3. The lowest BCUT2D eigenvalue weighted by atomic mass is 9.96. The van der Waals surface area contributed by atoms with Crippen LogP contribution in [0.5, 0.6) is 0 Å². The molecule has 0 saturated carbocycles. The SMILES string of the molecule is CCC(CC(=O)O)C(C)(F)F. The van der Waals surface area contributed by atoms with Crippen molar-refractivity contribution in [2.45, 2.75) is 32.6 Å². The summed E-state index contributed by atoms with van der Waals surface area (Å²) in [7, 11) is 0. The highest BCUT2D eigenvalue weighted by Crippen LogP contribution is 2.28. The maximum absolute atomic E-state index is 12.5. The lowest BCUT2D eigenvalue weighted by molar-refractivity contribution is -0.142. The van der Waals surface area contributed by atoms with Gasteiger partial charge < -0.3 is 5.11 Å². The molecule has 1 atom stereocenters. The summed E-state index contributed by atoms with van der Waals surface area (Å²) < 4.78 is 25.0. The third kappa shape index (κ3) is 3.91. The maximum atomic E-state index is 12.5. The first-order valence-electron chi connectivity index (χ1n) is 3.47. The standard InChI is InChI=1S/C7H12F2O2/c1-3-5(4-6(10)11)7(2,8)9/h5H,3-4H2,1-2H3,(H,10,11). The van der Waals surface area contributed by atoms with Crippen LogP contribution >= 0.6 is 0 Å². The van der Waals surface area contributed by atoms with Crippen molar-refractivity contribution in [1.29, 1.82) is 0 Å². The van der Waals surface area contributed by atoms with E-state index in [1.807, 2.05) is 0 Å². The van der Waals surface area contributed by atoms with Gasteiger partial charge in [-0.1, -0.05) is 6.92 Å². The van der Waals surface area contributed by atoms with Gasteiger partial charge in [0.15, 0.2) is 0 Å². The van der Waals surface area contributed by atoms with E-state index in [1.54, 1.807) is 6.92 Å². The van der Waals surface area contributed by atoms with Crippen LogP contribution < -0.4 is 0 Å². The molecule has 0 aliphatic rings. The molecule has 0 rings (SSSR count). The van der Waals surface area contributed by atoms with Crippen molar-refractivity contribution < 1.29 is 18.7 Å². The van der Waals surface area contributed by atoms with E-state index in [1.165, 1.54) is 0 Å². The fourth-order valence-electron chi connectivity index (χ4n) is 0.893. The van der Waals surface area contributed by atoms with Gasteiger partial charge in [-0.3, -0.25) is 4.79 Å². The van der Waals surface area contributed by atoms with E-state index in [4.69, 9.17) is 5.11 Å². The zero-order valence-corrected chi connectivity index (χ0v) is 6.60. The molecule has 2 nitrogen and oxygen atoms in total. The van der Waals surface area contributed by atoms with Gasteiger partial charge in [0.1, 0.15) is 0 Å². The second kappa shape index (κ2) is 3.64. The molecule has 0 aromatic heterocycles. The summed E-state index contributed by atoms with van der Waals surface area (Å²) in [6, 6.07) is 0. The van der Waals surface area contributed by atoms with Crippen molar-refractivity contribution in [2.75, 3.05) is 0 Å². The highest BCUT2D eigenvalue weighted by molar-refractivity contribution is 5.67. The van der Waals surface area contributed by atoms with Crippen LogP contribution in [0.1, 0.15) is 26.7 Å². The second-order valence-corrected chi connectivity index (χ2v) is 2.66. The van der Waals surface area contributed by atoms with Gasteiger partial charge in [0.05, 0.1) is 6.42 Å². The number of hydrogen-bond donors (Lipinski definition) is 1. The van der Waals surface area contributed by atoms with Gasteiger partial charge in [0.25, 0.3) is 0 Å². The minimum atomic E-state index is -2.88. The first-order chi connectivity index (χ1) is 4.88. The third-order valence-electron chi connectivity index (χ3n) is 1.63. The van der Waals surface area contributed by atoms with Crippen LogP contribution in [0.25, 0.3) is 0 Å². The lowest BCUT2D eigenvalue weighted by Gasteiger charge is -2.19. The summed E-state index contributed by atoms with van der Waals surface area (Å²) >= 11 is 0. The second-order valence-electron chi connectivity index (χ2n) is 2.66. The third-order valence-corrected chi connectivity index (χ3v) is 1.63. The zero-order chi connectivity index (χ0) is 9.07. The molecule has 4 heteroatoms. The molecule has 1 unspecified atom stereocenters. The monoisotopic (exact) mass is 166 g/mol. The van der Waals surface area contributed by atoms with E-state index >= 15 is 0 Å². The van der Waals surface area contributed by atoms with Crippen molar-refractivity contribution in [1.82, 2.24) is 0 Å². The molecule has 0 radical (unpaired) electrons. The van der Waals surface area contributed by atoms with Crippen molar-refractivity contribution in [3.8, 4) is 0 Å². The molecule has 11 heavy (non-hydrogen) atoms. The van der Waals surface area contributed by atoms with E-state index in [9.17, 15) is 13.6 Å². The Kier molecular flexibility index (Phi) is 3.42. The summed E-state index contributed by atoms with van der Waals surface area (Å²) in [4.78, 5) is 10.1. The van der Waals surface area contributed by atoms with E-state index in [0.29, 0.717) is 0 Å². The van der Waals surface area contributed by atoms with E-state index in [-0.39, 0.29) is 6.42 Å². The Balaban J connectivity index is 4.07. The molecule has 0 saturated heterocycles. The molecule has 0 heterocycles. The summed E-state index contributed by atoms with van der Waals surface area (Å²) in [5.74, 6) is -5.09. The molecular weight excluding hydrogens is 154 g/mol. The molecule has 0 amide bonds. The number of rotatable bonds is 4. The fourth-order valence-corrected chi connectivity index (χ4v) is 0.893. The van der Waals surface area contributed by atoms with Crippen molar-refractivity contribution in [2.24, 2.45) is 5.92 Å². The van der Waals surface area contributed by atoms with Gasteiger partial charge in [-0.2, -0.15) is 0 Å². The molecule has 0 aromatic rings. The Hall–Kier alpha value is -0.670. The molecule has 0 fully saturated rings. The molecular formula is C7H12F2O2. The number of carboxylic acids is 1. The first-order valence-corrected chi connectivity index (χ1v) is 3.47. The normalized spacial score (nSPS) is 14.5. The number of alkyl halides is 2. The minimum absolute atomic E-state index is 0.190. The van der Waals surface area contributed by atoms with Gasteiger partial charge in [-0.15, -0.1) is 0 Å². The summed E-state index contributed by atoms with van der Waals surface area (Å²) in [6.07, 6.45) is -0.268. The van der Waals surface area contributed by atoms with Gasteiger partial charge >= 0.3 is 5.97 Å². The predicted octanol–water partition coefficient (Wildman–Crippen LogP) is 2.14. The molecule has 0 bridgehead atoms. The van der Waals surface area contributed by atoms with Crippen LogP contribution in [-0.4, -0.2) is 17.0 Å². The quantitative estimate of drug-likeness (QED) is 0.694. The molecule has 0 aliphatic carbocycles. The van der Waals surface area contributed by atoms with Gasteiger partial charge in [-0.05, 0) is 13.3 Å². The van der Waals surface area contributed by atoms with Crippen LogP contribution in [0.3, 0.4) is 0 Å². The number of halogens is 2. The zero-order valence-electron chi connectivity index (χ0n) is 6.60. The molecule has 0 aromatic carbocycles. The van der Waals surface area contributed by atoms with Crippen LogP contribution in [-0.2, 0) is 4.79 Å². The Labute approximate surface area is 64.2 Å². The van der Waals surface area contributed by atoms with E-state index < -0.39 is 24.2 Å². The van der Waals surface area contributed by atoms with Gasteiger partial charge in [0.2, 0.25) is 5.92 Å². The number of carboxylic acid groups (broad SMARTS) is 1. The largest absolute Gasteiger partial charge is 0.481 e. The Morgan fingerprint density at radius 1 is 1.64 bits per heavy atom. The smallest absolute Gasteiger partial charge is 0.303 e. The fraction of sp³-hybridized carbons (Fsp3) is 0.857. The molecule has 0 spiro atoms. The molecule has 1 N–H and O–H groups in total. The summed E-state index contributed by atoms with van der Waals surface area (Å²) in [5, 5.41) is 8.25. The first kappa shape index (κ1) is 10.3.